The molecule has 2 aromatic rings. The molecule has 94 valence electrons. The van der Waals surface area contributed by atoms with Crippen LogP contribution in [0.5, 0.6) is 0 Å². The highest BCUT2D eigenvalue weighted by molar-refractivity contribution is 5.95. The van der Waals surface area contributed by atoms with E-state index < -0.39 is 0 Å². The van der Waals surface area contributed by atoms with Crippen LogP contribution >= 0.6 is 0 Å². The topological polar surface area (TPSA) is 54.6 Å². The standard InChI is InChI=1S/C14H15NO3/c1-17-14(16)13-7-11-9(5-6-10-8-18-10)3-2-4-12(11)15-13/h2-4,7,10,15H,5-6,8H2,1H3. The number of benzene rings is 1. The molecule has 1 aliphatic heterocycles. The summed E-state index contributed by atoms with van der Waals surface area (Å²) in [5.41, 5.74) is 2.72. The van der Waals surface area contributed by atoms with Gasteiger partial charge in [0.15, 0.2) is 0 Å². The molecule has 1 aromatic heterocycles. The van der Waals surface area contributed by atoms with Gasteiger partial charge in [0.1, 0.15) is 5.69 Å². The Morgan fingerprint density at radius 3 is 3.11 bits per heavy atom. The number of esters is 1. The third kappa shape index (κ3) is 2.11. The number of aromatic nitrogens is 1. The van der Waals surface area contributed by atoms with E-state index in [4.69, 9.17) is 9.47 Å². The number of H-pyrrole nitrogens is 1. The second-order valence-corrected chi connectivity index (χ2v) is 4.55. The SMILES string of the molecule is COC(=O)c1cc2c(CCC3CO3)cccc2[nH]1. The van der Waals surface area contributed by atoms with Gasteiger partial charge in [0.25, 0.3) is 0 Å². The minimum Gasteiger partial charge on any atom is -0.464 e. The van der Waals surface area contributed by atoms with Gasteiger partial charge in [0, 0.05) is 10.9 Å². The molecule has 18 heavy (non-hydrogen) atoms. The number of hydrogen-bond donors (Lipinski definition) is 1. The number of ether oxygens (including phenoxy) is 2. The first-order valence-corrected chi connectivity index (χ1v) is 6.08. The first-order chi connectivity index (χ1) is 8.78. The Hall–Kier alpha value is -1.81. The van der Waals surface area contributed by atoms with Gasteiger partial charge in [-0.3, -0.25) is 0 Å². The highest BCUT2D eigenvalue weighted by Crippen LogP contribution is 2.24. The predicted molar refractivity (Wildman–Crippen MR) is 67.7 cm³/mol. The van der Waals surface area contributed by atoms with Crippen LogP contribution in [0.2, 0.25) is 0 Å². The van der Waals surface area contributed by atoms with Crippen LogP contribution in [0.1, 0.15) is 22.5 Å². The Bertz CT molecular complexity index is 584. The molecule has 0 spiro atoms. The zero-order valence-corrected chi connectivity index (χ0v) is 10.2. The molecule has 2 heterocycles. The van der Waals surface area contributed by atoms with Gasteiger partial charge < -0.3 is 14.5 Å². The molecule has 1 N–H and O–H groups in total. The van der Waals surface area contributed by atoms with Crippen molar-refractivity contribution in [3.05, 3.63) is 35.5 Å². The van der Waals surface area contributed by atoms with Gasteiger partial charge in [-0.1, -0.05) is 12.1 Å². The maximum atomic E-state index is 11.5. The fourth-order valence-electron chi connectivity index (χ4n) is 2.21. The van der Waals surface area contributed by atoms with Crippen molar-refractivity contribution >= 4 is 16.9 Å². The largest absolute Gasteiger partial charge is 0.464 e. The molecule has 0 aliphatic carbocycles. The third-order valence-electron chi connectivity index (χ3n) is 3.30. The zero-order chi connectivity index (χ0) is 12.5. The molecular formula is C14H15NO3. The van der Waals surface area contributed by atoms with Crippen LogP contribution in [0.15, 0.2) is 24.3 Å². The van der Waals surface area contributed by atoms with E-state index in [2.05, 4.69) is 11.1 Å². The Kier molecular flexibility index (Phi) is 2.80. The van der Waals surface area contributed by atoms with E-state index in [1.807, 2.05) is 18.2 Å². The first-order valence-electron chi connectivity index (χ1n) is 6.08. The zero-order valence-electron chi connectivity index (χ0n) is 10.2. The van der Waals surface area contributed by atoms with Crippen molar-refractivity contribution in [3.8, 4) is 0 Å². The van der Waals surface area contributed by atoms with E-state index in [-0.39, 0.29) is 5.97 Å². The molecule has 4 heteroatoms. The summed E-state index contributed by atoms with van der Waals surface area (Å²) in [6.45, 7) is 0.885. The van der Waals surface area contributed by atoms with E-state index in [0.29, 0.717) is 11.8 Å². The Labute approximate surface area is 105 Å². The van der Waals surface area contributed by atoms with Gasteiger partial charge in [0.2, 0.25) is 0 Å². The summed E-state index contributed by atoms with van der Waals surface area (Å²) in [6.07, 6.45) is 2.44. The second kappa shape index (κ2) is 4.46. The second-order valence-electron chi connectivity index (χ2n) is 4.55. The van der Waals surface area contributed by atoms with Crippen LogP contribution in [-0.2, 0) is 15.9 Å². The van der Waals surface area contributed by atoms with Crippen LogP contribution in [0.4, 0.5) is 0 Å². The number of rotatable bonds is 4. The molecule has 0 amide bonds. The number of carbonyl (C=O) groups is 1. The summed E-state index contributed by atoms with van der Waals surface area (Å²) in [5.74, 6) is -0.331. The number of methoxy groups -OCH3 is 1. The molecule has 0 bridgehead atoms. The van der Waals surface area contributed by atoms with E-state index in [9.17, 15) is 4.79 Å². The van der Waals surface area contributed by atoms with Crippen molar-refractivity contribution in [1.29, 1.82) is 0 Å². The Morgan fingerprint density at radius 1 is 1.56 bits per heavy atom. The molecule has 1 saturated heterocycles. The van der Waals surface area contributed by atoms with E-state index in [1.54, 1.807) is 0 Å². The molecular weight excluding hydrogens is 230 g/mol. The summed E-state index contributed by atoms with van der Waals surface area (Å²) in [7, 11) is 1.39. The van der Waals surface area contributed by atoms with Gasteiger partial charge in [-0.2, -0.15) is 0 Å². The first kappa shape index (κ1) is 11.3. The van der Waals surface area contributed by atoms with Crippen molar-refractivity contribution in [2.75, 3.05) is 13.7 Å². The number of aryl methyl sites for hydroxylation is 1. The van der Waals surface area contributed by atoms with Crippen molar-refractivity contribution in [1.82, 2.24) is 4.98 Å². The fourth-order valence-corrected chi connectivity index (χ4v) is 2.21. The molecule has 4 nitrogen and oxygen atoms in total. The smallest absolute Gasteiger partial charge is 0.354 e. The van der Waals surface area contributed by atoms with Gasteiger partial charge in [-0.15, -0.1) is 0 Å². The molecule has 1 atom stereocenters. The van der Waals surface area contributed by atoms with E-state index in [1.165, 1.54) is 12.7 Å². The molecule has 1 aromatic carbocycles. The summed E-state index contributed by atoms with van der Waals surface area (Å²) >= 11 is 0. The lowest BCUT2D eigenvalue weighted by molar-refractivity contribution is 0.0595. The maximum absolute atomic E-state index is 11.5. The van der Waals surface area contributed by atoms with Crippen LogP contribution in [-0.4, -0.2) is 30.8 Å². The van der Waals surface area contributed by atoms with Gasteiger partial charge >= 0.3 is 5.97 Å². The number of fused-ring (bicyclic) bond motifs is 1. The van der Waals surface area contributed by atoms with Crippen molar-refractivity contribution < 1.29 is 14.3 Å². The van der Waals surface area contributed by atoms with Crippen LogP contribution in [0.25, 0.3) is 10.9 Å². The Morgan fingerprint density at radius 2 is 2.39 bits per heavy atom. The van der Waals surface area contributed by atoms with Gasteiger partial charge in [0.05, 0.1) is 19.8 Å². The van der Waals surface area contributed by atoms with Crippen LogP contribution in [0, 0.1) is 0 Å². The van der Waals surface area contributed by atoms with Crippen molar-refractivity contribution in [3.63, 3.8) is 0 Å². The van der Waals surface area contributed by atoms with Gasteiger partial charge in [-0.05, 0) is 30.5 Å². The normalized spacial score (nSPS) is 17.9. The highest BCUT2D eigenvalue weighted by Gasteiger charge is 2.22. The summed E-state index contributed by atoms with van der Waals surface area (Å²) < 4.78 is 9.94. The van der Waals surface area contributed by atoms with Crippen molar-refractivity contribution in [2.24, 2.45) is 0 Å². The van der Waals surface area contributed by atoms with Crippen molar-refractivity contribution in [2.45, 2.75) is 18.9 Å². The number of hydrogen-bond acceptors (Lipinski definition) is 3. The number of carbonyl (C=O) groups excluding carboxylic acids is 1. The summed E-state index contributed by atoms with van der Waals surface area (Å²) in [5, 5.41) is 1.10. The monoisotopic (exact) mass is 245 g/mol. The minimum absolute atomic E-state index is 0.331. The van der Waals surface area contributed by atoms with Gasteiger partial charge in [-0.25, -0.2) is 4.79 Å². The highest BCUT2D eigenvalue weighted by atomic mass is 16.6. The number of aromatic amines is 1. The summed E-state index contributed by atoms with van der Waals surface area (Å²) in [6, 6.07) is 7.94. The van der Waals surface area contributed by atoms with Crippen LogP contribution in [0.3, 0.4) is 0 Å². The van der Waals surface area contributed by atoms with E-state index >= 15 is 0 Å². The minimum atomic E-state index is -0.331. The molecule has 1 aliphatic rings. The lowest BCUT2D eigenvalue weighted by Crippen LogP contribution is -2.00. The predicted octanol–water partition coefficient (Wildman–Crippen LogP) is 2.29. The quantitative estimate of drug-likeness (QED) is 0.664. The molecule has 3 rings (SSSR count). The maximum Gasteiger partial charge on any atom is 0.354 e. The molecule has 1 unspecified atom stereocenters. The van der Waals surface area contributed by atoms with Crippen LogP contribution < -0.4 is 0 Å². The Balaban J connectivity index is 1.92. The fraction of sp³-hybridized carbons (Fsp3) is 0.357. The number of nitrogens with one attached hydrogen (secondary N) is 1. The average molecular weight is 245 g/mol. The lowest BCUT2D eigenvalue weighted by Gasteiger charge is -2.01. The van der Waals surface area contributed by atoms with E-state index in [0.717, 1.165) is 30.4 Å². The summed E-state index contributed by atoms with van der Waals surface area (Å²) in [4.78, 5) is 14.6. The third-order valence-corrected chi connectivity index (χ3v) is 3.30. The molecule has 0 radical (unpaired) electrons. The number of epoxide rings is 1. The average Bonchev–Trinajstić information content (AvgIpc) is 3.12. The molecule has 1 fully saturated rings. The lowest BCUT2D eigenvalue weighted by atomic mass is 10.0. The molecule has 0 saturated carbocycles.